The van der Waals surface area contributed by atoms with Gasteiger partial charge in [0.15, 0.2) is 0 Å². The van der Waals surface area contributed by atoms with Crippen LogP contribution in [0.25, 0.3) is 0 Å². The van der Waals surface area contributed by atoms with Crippen molar-refractivity contribution in [1.29, 1.82) is 0 Å². The lowest BCUT2D eigenvalue weighted by Gasteiger charge is -1.94. The molecule has 0 amide bonds. The van der Waals surface area contributed by atoms with Crippen molar-refractivity contribution < 1.29 is 0 Å². The summed E-state index contributed by atoms with van der Waals surface area (Å²) in [5.41, 5.74) is 6.94. The number of thiocarbonyl (C=S) groups is 1. The molecular formula is C7H14NS. The van der Waals surface area contributed by atoms with Crippen LogP contribution in [0.1, 0.15) is 39.0 Å². The van der Waals surface area contributed by atoms with Gasteiger partial charge in [0.1, 0.15) is 0 Å². The van der Waals surface area contributed by atoms with Crippen LogP contribution in [0.5, 0.6) is 0 Å². The lowest BCUT2D eigenvalue weighted by Crippen LogP contribution is -1.92. The fraction of sp³-hybridized carbons (Fsp3) is 0.857. The second-order valence-corrected chi connectivity index (χ2v) is 2.73. The number of hydrogen-bond acceptors (Lipinski definition) is 1. The zero-order valence-corrected chi connectivity index (χ0v) is 6.76. The summed E-state index contributed by atoms with van der Waals surface area (Å²) < 4.78 is 0. The first kappa shape index (κ1) is 8.89. The predicted molar refractivity (Wildman–Crippen MR) is 44.5 cm³/mol. The first-order valence-corrected chi connectivity index (χ1v) is 3.92. The van der Waals surface area contributed by atoms with Crippen molar-refractivity contribution in [2.75, 3.05) is 0 Å². The summed E-state index contributed by atoms with van der Waals surface area (Å²) in [5, 5.41) is 0. The van der Waals surface area contributed by atoms with Gasteiger partial charge >= 0.3 is 0 Å². The zero-order chi connectivity index (χ0) is 7.11. The molecule has 0 spiro atoms. The van der Waals surface area contributed by atoms with Crippen molar-refractivity contribution >= 4 is 17.2 Å². The molecule has 1 radical (unpaired) electrons. The van der Waals surface area contributed by atoms with Crippen LogP contribution in [0.15, 0.2) is 0 Å². The Kier molecular flexibility index (Phi) is 5.94. The maximum Gasteiger partial charge on any atom is 0.0939 e. The van der Waals surface area contributed by atoms with E-state index in [1.165, 1.54) is 19.3 Å². The second-order valence-electron chi connectivity index (χ2n) is 2.23. The molecule has 0 fully saturated rings. The van der Waals surface area contributed by atoms with E-state index in [1.807, 2.05) is 0 Å². The van der Waals surface area contributed by atoms with Crippen LogP contribution in [0.3, 0.4) is 0 Å². The molecule has 0 aromatic carbocycles. The SMILES string of the molecule is CCCCCCC([NH])=S. The highest BCUT2D eigenvalue weighted by molar-refractivity contribution is 7.80. The van der Waals surface area contributed by atoms with Gasteiger partial charge in [0, 0.05) is 0 Å². The smallest absolute Gasteiger partial charge is 0.0939 e. The minimum absolute atomic E-state index is 0.408. The van der Waals surface area contributed by atoms with Crippen LogP contribution >= 0.6 is 12.2 Å². The molecule has 53 valence electrons. The van der Waals surface area contributed by atoms with Crippen molar-refractivity contribution in [3.8, 4) is 0 Å². The number of rotatable bonds is 5. The highest BCUT2D eigenvalue weighted by Gasteiger charge is 1.89. The van der Waals surface area contributed by atoms with Gasteiger partial charge in [-0.1, -0.05) is 38.4 Å². The van der Waals surface area contributed by atoms with Crippen LogP contribution in [0.4, 0.5) is 0 Å². The summed E-state index contributed by atoms with van der Waals surface area (Å²) >= 11 is 4.61. The molecule has 0 rings (SSSR count). The van der Waals surface area contributed by atoms with Gasteiger partial charge in [-0.05, 0) is 12.8 Å². The topological polar surface area (TPSA) is 23.8 Å². The van der Waals surface area contributed by atoms with Crippen molar-refractivity contribution in [2.45, 2.75) is 39.0 Å². The van der Waals surface area contributed by atoms with E-state index in [2.05, 4.69) is 19.1 Å². The second kappa shape index (κ2) is 6.02. The molecule has 2 heteroatoms. The molecule has 0 saturated carbocycles. The van der Waals surface area contributed by atoms with E-state index < -0.39 is 0 Å². The maximum absolute atomic E-state index is 6.94. The number of hydrogen-bond donors (Lipinski definition) is 0. The van der Waals surface area contributed by atoms with Gasteiger partial charge in [0.2, 0.25) is 0 Å². The minimum Gasteiger partial charge on any atom is -0.294 e. The molecule has 9 heavy (non-hydrogen) atoms. The van der Waals surface area contributed by atoms with Crippen molar-refractivity contribution in [1.82, 2.24) is 5.73 Å². The molecule has 0 heterocycles. The third kappa shape index (κ3) is 7.89. The largest absolute Gasteiger partial charge is 0.294 e. The molecule has 0 aromatic heterocycles. The van der Waals surface area contributed by atoms with E-state index in [-0.39, 0.29) is 0 Å². The molecule has 1 nitrogen and oxygen atoms in total. The van der Waals surface area contributed by atoms with E-state index >= 15 is 0 Å². The minimum atomic E-state index is 0.408. The normalized spacial score (nSPS) is 9.44. The Morgan fingerprint density at radius 2 is 2.00 bits per heavy atom. The Balaban J connectivity index is 2.83. The van der Waals surface area contributed by atoms with E-state index in [0.717, 1.165) is 12.8 Å². The molecule has 0 aliphatic heterocycles. The quantitative estimate of drug-likeness (QED) is 0.430. The van der Waals surface area contributed by atoms with Gasteiger partial charge in [-0.25, -0.2) is 0 Å². The third-order valence-electron chi connectivity index (χ3n) is 1.26. The van der Waals surface area contributed by atoms with Gasteiger partial charge in [0.05, 0.1) is 4.99 Å². The van der Waals surface area contributed by atoms with E-state index in [4.69, 9.17) is 5.73 Å². The average molecular weight is 144 g/mol. The third-order valence-corrected chi connectivity index (χ3v) is 1.46. The first-order valence-electron chi connectivity index (χ1n) is 3.51. The van der Waals surface area contributed by atoms with Crippen LogP contribution < -0.4 is 5.73 Å². The maximum atomic E-state index is 6.94. The Morgan fingerprint density at radius 1 is 1.33 bits per heavy atom. The Bertz CT molecular complexity index is 81.0. The fourth-order valence-corrected chi connectivity index (χ4v) is 0.857. The molecule has 0 atom stereocenters. The van der Waals surface area contributed by atoms with Crippen molar-refractivity contribution in [2.24, 2.45) is 0 Å². The standard InChI is InChI=1S/C7H14NS/c1-2-3-4-5-6-7(8)9/h8H,2-6H2,1H3. The molecule has 0 aliphatic rings. The molecule has 0 unspecified atom stereocenters. The fourth-order valence-electron chi connectivity index (χ4n) is 0.712. The lowest BCUT2D eigenvalue weighted by molar-refractivity contribution is 0.683. The first-order chi connectivity index (χ1) is 4.27. The molecule has 0 bridgehead atoms. The Labute approximate surface area is 62.6 Å². The summed E-state index contributed by atoms with van der Waals surface area (Å²) in [4.78, 5) is 0.408. The van der Waals surface area contributed by atoms with E-state index in [9.17, 15) is 0 Å². The summed E-state index contributed by atoms with van der Waals surface area (Å²) in [6.45, 7) is 2.18. The van der Waals surface area contributed by atoms with Crippen LogP contribution in [0, 0.1) is 0 Å². The Morgan fingerprint density at radius 3 is 2.44 bits per heavy atom. The molecule has 0 aliphatic carbocycles. The van der Waals surface area contributed by atoms with Crippen LogP contribution in [-0.2, 0) is 0 Å². The van der Waals surface area contributed by atoms with Gasteiger partial charge in [-0.15, -0.1) is 0 Å². The van der Waals surface area contributed by atoms with Crippen molar-refractivity contribution in [3.05, 3.63) is 0 Å². The predicted octanol–water partition coefficient (Wildman–Crippen LogP) is 2.57. The Hall–Kier alpha value is -0.110. The average Bonchev–Trinajstić information content (AvgIpc) is 1.80. The summed E-state index contributed by atoms with van der Waals surface area (Å²) in [5.74, 6) is 0. The summed E-state index contributed by atoms with van der Waals surface area (Å²) in [6, 6.07) is 0. The molecule has 0 aromatic rings. The van der Waals surface area contributed by atoms with Gasteiger partial charge < -0.3 is 0 Å². The molecular weight excluding hydrogens is 130 g/mol. The van der Waals surface area contributed by atoms with Crippen molar-refractivity contribution in [3.63, 3.8) is 0 Å². The van der Waals surface area contributed by atoms with Crippen LogP contribution in [-0.4, -0.2) is 4.99 Å². The molecule has 0 saturated heterocycles. The zero-order valence-electron chi connectivity index (χ0n) is 5.94. The van der Waals surface area contributed by atoms with Crippen LogP contribution in [0.2, 0.25) is 0 Å². The summed E-state index contributed by atoms with van der Waals surface area (Å²) in [6.07, 6.45) is 5.69. The van der Waals surface area contributed by atoms with E-state index in [0.29, 0.717) is 4.99 Å². The number of unbranched alkanes of at least 4 members (excludes halogenated alkanes) is 3. The highest BCUT2D eigenvalue weighted by Crippen LogP contribution is 2.01. The van der Waals surface area contributed by atoms with E-state index in [1.54, 1.807) is 0 Å². The monoisotopic (exact) mass is 144 g/mol. The van der Waals surface area contributed by atoms with Gasteiger partial charge in [-0.3, -0.25) is 5.73 Å². The highest BCUT2D eigenvalue weighted by atomic mass is 32.1. The lowest BCUT2D eigenvalue weighted by atomic mass is 10.2. The number of nitrogens with one attached hydrogen (secondary N) is 1. The molecule has 1 N–H and O–H groups in total. The van der Waals surface area contributed by atoms with Gasteiger partial charge in [-0.2, -0.15) is 0 Å². The van der Waals surface area contributed by atoms with Gasteiger partial charge in [0.25, 0.3) is 0 Å². The summed E-state index contributed by atoms with van der Waals surface area (Å²) in [7, 11) is 0.